The van der Waals surface area contributed by atoms with Crippen LogP contribution < -0.4 is 10.5 Å². The predicted molar refractivity (Wildman–Crippen MR) is 95.9 cm³/mol. The highest BCUT2D eigenvalue weighted by atomic mass is 16.1. The molecule has 2 aromatic heterocycles. The van der Waals surface area contributed by atoms with E-state index in [-0.39, 0.29) is 5.56 Å². The summed E-state index contributed by atoms with van der Waals surface area (Å²) in [5, 5.41) is 4.29. The van der Waals surface area contributed by atoms with Crippen LogP contribution in [0.3, 0.4) is 0 Å². The average molecular weight is 340 g/mol. The smallest absolute Gasteiger partial charge is 0.266 e. The molecule has 7 heteroatoms. The van der Waals surface area contributed by atoms with Crippen LogP contribution in [-0.4, -0.2) is 57.4 Å². The Bertz CT molecular complexity index is 775. The highest BCUT2D eigenvalue weighted by Gasteiger charge is 2.25. The lowest BCUT2D eigenvalue weighted by Gasteiger charge is -2.34. The second-order valence-electron chi connectivity index (χ2n) is 6.96. The number of piperazine rings is 1. The van der Waals surface area contributed by atoms with E-state index in [1.807, 2.05) is 19.3 Å². The van der Waals surface area contributed by atoms with Crippen LogP contribution in [0.1, 0.15) is 30.0 Å². The molecule has 132 valence electrons. The third kappa shape index (κ3) is 3.87. The zero-order valence-corrected chi connectivity index (χ0v) is 14.6. The van der Waals surface area contributed by atoms with Crippen molar-refractivity contribution in [2.24, 2.45) is 0 Å². The van der Waals surface area contributed by atoms with Gasteiger partial charge in [-0.05, 0) is 37.3 Å². The van der Waals surface area contributed by atoms with Crippen LogP contribution in [0.5, 0.6) is 0 Å². The van der Waals surface area contributed by atoms with Crippen molar-refractivity contribution in [3.05, 3.63) is 46.1 Å². The van der Waals surface area contributed by atoms with Crippen molar-refractivity contribution in [3.63, 3.8) is 0 Å². The fourth-order valence-electron chi connectivity index (χ4n) is 3.24. The molecule has 0 amide bonds. The Kier molecular flexibility index (Phi) is 4.48. The summed E-state index contributed by atoms with van der Waals surface area (Å²) in [4.78, 5) is 25.5. The van der Waals surface area contributed by atoms with E-state index in [0.29, 0.717) is 12.5 Å². The van der Waals surface area contributed by atoms with Crippen molar-refractivity contribution < 1.29 is 0 Å². The number of hydrogen-bond donors (Lipinski definition) is 0. The molecule has 1 aliphatic heterocycles. The molecule has 7 nitrogen and oxygen atoms in total. The van der Waals surface area contributed by atoms with Crippen molar-refractivity contribution in [1.82, 2.24) is 24.6 Å². The van der Waals surface area contributed by atoms with Gasteiger partial charge in [-0.15, -0.1) is 0 Å². The van der Waals surface area contributed by atoms with E-state index in [2.05, 4.69) is 24.9 Å². The molecule has 2 fully saturated rings. The molecule has 2 aliphatic rings. The van der Waals surface area contributed by atoms with Gasteiger partial charge in [0.05, 0.1) is 12.2 Å². The molecule has 1 saturated carbocycles. The topological polar surface area (TPSA) is 67.2 Å². The van der Waals surface area contributed by atoms with Gasteiger partial charge < -0.3 is 4.90 Å². The first-order valence-corrected chi connectivity index (χ1v) is 9.03. The summed E-state index contributed by atoms with van der Waals surface area (Å²) in [5.41, 5.74) is 2.11. The van der Waals surface area contributed by atoms with E-state index in [4.69, 9.17) is 0 Å². The molecule has 1 saturated heterocycles. The molecular weight excluding hydrogens is 316 g/mol. The first-order valence-electron chi connectivity index (χ1n) is 9.03. The number of aromatic nitrogens is 4. The van der Waals surface area contributed by atoms with Crippen LogP contribution in [0.15, 0.2) is 29.3 Å². The standard InChI is InChI=1S/C18H24N6O/c1-14-2-5-17(25)24(21-14)11-8-22-6-9-23(10-7-22)18-19-12-16(13-20-18)15-3-4-15/h2,5,12-13,15H,3-4,6-11H2,1H3. The molecule has 0 radical (unpaired) electrons. The van der Waals surface area contributed by atoms with Crippen LogP contribution in [0.4, 0.5) is 5.95 Å². The minimum absolute atomic E-state index is 0.0339. The summed E-state index contributed by atoms with van der Waals surface area (Å²) in [6, 6.07) is 3.34. The summed E-state index contributed by atoms with van der Waals surface area (Å²) in [7, 11) is 0. The number of hydrogen-bond acceptors (Lipinski definition) is 6. The molecule has 0 N–H and O–H groups in total. The Labute approximate surface area is 147 Å². The predicted octanol–water partition coefficient (Wildman–Crippen LogP) is 1.04. The molecule has 2 aromatic rings. The Morgan fingerprint density at radius 2 is 1.76 bits per heavy atom. The van der Waals surface area contributed by atoms with Gasteiger partial charge >= 0.3 is 0 Å². The van der Waals surface area contributed by atoms with Gasteiger partial charge in [0.1, 0.15) is 0 Å². The lowest BCUT2D eigenvalue weighted by molar-refractivity contribution is 0.241. The SMILES string of the molecule is Cc1ccc(=O)n(CCN2CCN(c3ncc(C4CC4)cn3)CC2)n1. The quantitative estimate of drug-likeness (QED) is 0.810. The molecule has 25 heavy (non-hydrogen) atoms. The van der Waals surface area contributed by atoms with Gasteiger partial charge in [0.25, 0.3) is 5.56 Å². The fraction of sp³-hybridized carbons (Fsp3) is 0.556. The van der Waals surface area contributed by atoms with E-state index >= 15 is 0 Å². The number of aryl methyl sites for hydroxylation is 1. The largest absolute Gasteiger partial charge is 0.338 e. The van der Waals surface area contributed by atoms with Gasteiger partial charge in [0.15, 0.2) is 0 Å². The maximum Gasteiger partial charge on any atom is 0.266 e. The molecule has 1 aliphatic carbocycles. The lowest BCUT2D eigenvalue weighted by Crippen LogP contribution is -2.48. The van der Waals surface area contributed by atoms with Crippen LogP contribution in [0.2, 0.25) is 0 Å². The highest BCUT2D eigenvalue weighted by molar-refractivity contribution is 5.32. The number of anilines is 1. The summed E-state index contributed by atoms with van der Waals surface area (Å²) in [5.74, 6) is 1.53. The molecule has 0 aromatic carbocycles. The van der Waals surface area contributed by atoms with E-state index in [1.165, 1.54) is 18.4 Å². The van der Waals surface area contributed by atoms with Gasteiger partial charge in [-0.2, -0.15) is 5.10 Å². The van der Waals surface area contributed by atoms with Gasteiger partial charge in [-0.25, -0.2) is 14.6 Å². The van der Waals surface area contributed by atoms with Crippen molar-refractivity contribution in [2.75, 3.05) is 37.6 Å². The van der Waals surface area contributed by atoms with Crippen molar-refractivity contribution in [3.8, 4) is 0 Å². The fourth-order valence-corrected chi connectivity index (χ4v) is 3.24. The Balaban J connectivity index is 1.29. The van der Waals surface area contributed by atoms with Gasteiger partial charge in [0, 0.05) is 51.2 Å². The first-order chi connectivity index (χ1) is 12.2. The van der Waals surface area contributed by atoms with E-state index in [9.17, 15) is 4.79 Å². The maximum absolute atomic E-state index is 11.8. The Hall–Kier alpha value is -2.28. The molecular formula is C18H24N6O. The average Bonchev–Trinajstić information content (AvgIpc) is 3.48. The minimum atomic E-state index is -0.0339. The van der Waals surface area contributed by atoms with Gasteiger partial charge in [-0.3, -0.25) is 9.69 Å². The van der Waals surface area contributed by atoms with Crippen LogP contribution in [-0.2, 0) is 6.54 Å². The molecule has 4 rings (SSSR count). The highest BCUT2D eigenvalue weighted by Crippen LogP contribution is 2.39. The van der Waals surface area contributed by atoms with Crippen molar-refractivity contribution >= 4 is 5.95 Å². The van der Waals surface area contributed by atoms with Crippen molar-refractivity contribution in [2.45, 2.75) is 32.2 Å². The second kappa shape index (κ2) is 6.92. The van der Waals surface area contributed by atoms with Gasteiger partial charge in [0.2, 0.25) is 5.95 Å². The summed E-state index contributed by atoms with van der Waals surface area (Å²) in [6.07, 6.45) is 6.53. The monoisotopic (exact) mass is 340 g/mol. The Morgan fingerprint density at radius 1 is 1.04 bits per heavy atom. The normalized spacial score (nSPS) is 18.5. The molecule has 0 unspecified atom stereocenters. The second-order valence-corrected chi connectivity index (χ2v) is 6.96. The first kappa shape index (κ1) is 16.2. The van der Waals surface area contributed by atoms with Crippen LogP contribution in [0.25, 0.3) is 0 Å². The number of rotatable bonds is 5. The van der Waals surface area contributed by atoms with Gasteiger partial charge in [-0.1, -0.05) is 0 Å². The van der Waals surface area contributed by atoms with Crippen LogP contribution in [0, 0.1) is 6.92 Å². The number of nitrogens with zero attached hydrogens (tertiary/aromatic N) is 6. The molecule has 0 atom stereocenters. The zero-order valence-electron chi connectivity index (χ0n) is 14.6. The lowest BCUT2D eigenvalue weighted by atomic mass is 10.2. The summed E-state index contributed by atoms with van der Waals surface area (Å²) >= 11 is 0. The van der Waals surface area contributed by atoms with E-state index in [1.54, 1.807) is 16.8 Å². The Morgan fingerprint density at radius 3 is 2.44 bits per heavy atom. The summed E-state index contributed by atoms with van der Waals surface area (Å²) < 4.78 is 1.56. The van der Waals surface area contributed by atoms with E-state index in [0.717, 1.165) is 44.4 Å². The summed E-state index contributed by atoms with van der Waals surface area (Å²) in [6.45, 7) is 7.11. The third-order valence-electron chi connectivity index (χ3n) is 4.99. The molecule has 0 bridgehead atoms. The molecule has 0 spiro atoms. The molecule has 3 heterocycles. The zero-order chi connectivity index (χ0) is 17.2. The van der Waals surface area contributed by atoms with Crippen LogP contribution >= 0.6 is 0 Å². The van der Waals surface area contributed by atoms with E-state index < -0.39 is 0 Å². The minimum Gasteiger partial charge on any atom is -0.338 e. The maximum atomic E-state index is 11.8. The van der Waals surface area contributed by atoms with Crippen molar-refractivity contribution in [1.29, 1.82) is 0 Å². The third-order valence-corrected chi connectivity index (χ3v) is 4.99.